The van der Waals surface area contributed by atoms with E-state index < -0.39 is 31.1 Å². The van der Waals surface area contributed by atoms with Gasteiger partial charge in [-0.05, 0) is 160 Å². The van der Waals surface area contributed by atoms with Crippen LogP contribution in [-0.4, -0.2) is 94.8 Å². The van der Waals surface area contributed by atoms with Gasteiger partial charge < -0.3 is 20.9 Å². The van der Waals surface area contributed by atoms with Crippen LogP contribution in [0.4, 0.5) is 21.9 Å². The fourth-order valence-electron chi connectivity index (χ4n) is 13.1. The molecule has 17 heteroatoms. The Morgan fingerprint density at radius 1 is 0.753 bits per heavy atom. The van der Waals surface area contributed by atoms with E-state index in [1.807, 2.05) is 23.9 Å². The highest BCUT2D eigenvalue weighted by Gasteiger charge is 2.60. The number of allylic oxidation sites excluding steroid dienone is 7. The third-order valence-electron chi connectivity index (χ3n) is 17.5. The quantitative estimate of drug-likeness (QED) is 0.0204. The number of nitrogens with zero attached hydrogens (tertiary/aromatic N) is 2. The number of hydrogen-bond donors (Lipinski definition) is 5. The number of fused-ring (bicyclic) bond motifs is 7. The van der Waals surface area contributed by atoms with E-state index in [9.17, 15) is 35.5 Å². The number of thioether (sulfide) groups is 2. The lowest BCUT2D eigenvalue weighted by molar-refractivity contribution is -0.438. The van der Waals surface area contributed by atoms with Crippen LogP contribution in [0.15, 0.2) is 148 Å². The minimum absolute atomic E-state index is 0.0329. The van der Waals surface area contributed by atoms with E-state index in [2.05, 4.69) is 176 Å². The number of anilines is 2. The lowest BCUT2D eigenvalue weighted by Crippen LogP contribution is -2.58. The lowest BCUT2D eigenvalue weighted by atomic mass is 9.78. The van der Waals surface area contributed by atoms with Gasteiger partial charge in [-0.15, -0.1) is 0 Å². The Morgan fingerprint density at radius 3 is 2.12 bits per heavy atom. The van der Waals surface area contributed by atoms with Gasteiger partial charge in [-0.25, -0.2) is 4.79 Å². The van der Waals surface area contributed by atoms with Gasteiger partial charge in [0.25, 0.3) is 20.2 Å². The first-order valence-electron chi connectivity index (χ1n) is 28.5. The first-order valence-corrected chi connectivity index (χ1v) is 33.5. The van der Waals surface area contributed by atoms with Crippen LogP contribution in [0.5, 0.6) is 0 Å². The normalized spacial score (nSPS) is 23.2. The standard InChI is InChI=1S/C64H75N5O8S4/c1-61(2)53(68(38-13-15-40-80(72,73)74)51-34-26-43-18-7-9-22-49(43)57(51)61)36-28-45-20-17-21-46(29-37-54-62(3,4)58-50-23-10-8-19-44(50)27-35-52(58)69(54)39-14-16-41-81(75,76)77)59(45)79-48-32-30-47(31-33-48)65-56(70)25-12-11-24-55-64(6)63(5,42-78-55)66-60(71)67-64/h7-10,18-19,22-23,26-37,55H,11-17,20-21,24-25,38-42H2,1-6H3,(H4-,65,66,67,70,71,72,73,74,75,76,77)/p+1/t55?,63-,64+/m0/s1. The Bertz CT molecular complexity index is 3700. The molecule has 5 N–H and O–H groups in total. The van der Waals surface area contributed by atoms with Crippen molar-refractivity contribution in [3.05, 3.63) is 154 Å². The zero-order valence-electron chi connectivity index (χ0n) is 47.3. The van der Waals surface area contributed by atoms with Crippen LogP contribution in [-0.2, 0) is 35.9 Å². The van der Waals surface area contributed by atoms with E-state index in [1.165, 1.54) is 33.0 Å². The van der Waals surface area contributed by atoms with E-state index in [0.717, 1.165) is 93.3 Å². The molecule has 4 heterocycles. The van der Waals surface area contributed by atoms with Crippen molar-refractivity contribution in [2.24, 2.45) is 0 Å². The summed E-state index contributed by atoms with van der Waals surface area (Å²) in [5.41, 5.74) is 8.51. The van der Waals surface area contributed by atoms with Crippen molar-refractivity contribution in [3.8, 4) is 0 Å². The maximum atomic E-state index is 13.3. The minimum Gasteiger partial charge on any atom is -0.344 e. The predicted octanol–water partition coefficient (Wildman–Crippen LogP) is 13.5. The number of amides is 3. The maximum Gasteiger partial charge on any atom is 0.315 e. The van der Waals surface area contributed by atoms with Gasteiger partial charge in [0.15, 0.2) is 5.71 Å². The molecule has 2 saturated heterocycles. The van der Waals surface area contributed by atoms with Crippen molar-refractivity contribution >= 4 is 100 Å². The van der Waals surface area contributed by atoms with Crippen molar-refractivity contribution < 1.29 is 40.1 Å². The van der Waals surface area contributed by atoms with Gasteiger partial charge in [0.05, 0.1) is 28.0 Å². The molecule has 10 rings (SSSR count). The van der Waals surface area contributed by atoms with Gasteiger partial charge in [0.1, 0.15) is 6.54 Å². The van der Waals surface area contributed by atoms with E-state index >= 15 is 0 Å². The minimum atomic E-state index is -4.10. The number of urea groups is 1. The number of carbonyl (C=O) groups excluding carboxylic acids is 2. The first kappa shape index (κ1) is 58.5. The molecule has 1 unspecified atom stereocenters. The van der Waals surface area contributed by atoms with Gasteiger partial charge in [-0.1, -0.05) is 98.8 Å². The molecule has 0 saturated carbocycles. The SMILES string of the molecule is CC1(C)C(/C=C/C2=C(Sc3ccc(NC(=O)CCCCC4SC[C@]5(C)NC(=O)N[C@]45C)cc3)C(=C/C=C3/N(CCCCS(=O)(=O)O)c4ccc5ccccc5c4C3(C)C)/CCC2)=[N+](CCCCS(=O)(=O)O)c2ccc3ccccc3c21. The van der Waals surface area contributed by atoms with Crippen LogP contribution in [0.3, 0.4) is 0 Å². The Hall–Kier alpha value is -5.69. The highest BCUT2D eigenvalue weighted by Crippen LogP contribution is 2.52. The smallest absolute Gasteiger partial charge is 0.315 e. The van der Waals surface area contributed by atoms with Crippen LogP contribution < -0.4 is 20.9 Å². The molecular weight excluding hydrogens is 1090 g/mol. The highest BCUT2D eigenvalue weighted by molar-refractivity contribution is 8.03. The maximum absolute atomic E-state index is 13.3. The van der Waals surface area contributed by atoms with E-state index in [1.54, 1.807) is 11.8 Å². The fourth-order valence-corrected chi connectivity index (χ4v) is 17.3. The lowest BCUT2D eigenvalue weighted by Gasteiger charge is -2.35. The molecule has 5 aromatic carbocycles. The number of unbranched alkanes of at least 4 members (excludes halogenated alkanes) is 3. The molecular formula is C64H76N5O8S4+. The second kappa shape index (κ2) is 23.2. The van der Waals surface area contributed by atoms with Crippen LogP contribution in [0, 0.1) is 0 Å². The summed E-state index contributed by atoms with van der Waals surface area (Å²) >= 11 is 3.60. The van der Waals surface area contributed by atoms with Crippen molar-refractivity contribution in [1.82, 2.24) is 10.6 Å². The summed E-state index contributed by atoms with van der Waals surface area (Å²) in [6, 6.07) is 33.5. The average Bonchev–Trinajstić information content (AvgIpc) is 2.40. The van der Waals surface area contributed by atoms with Crippen molar-refractivity contribution in [1.29, 1.82) is 0 Å². The second-order valence-electron chi connectivity index (χ2n) is 23.9. The summed E-state index contributed by atoms with van der Waals surface area (Å²) in [7, 11) is -8.20. The molecule has 13 nitrogen and oxygen atoms in total. The van der Waals surface area contributed by atoms with Gasteiger partial charge in [0.2, 0.25) is 11.6 Å². The van der Waals surface area contributed by atoms with E-state index in [4.69, 9.17) is 0 Å². The molecule has 0 aromatic heterocycles. The molecule has 5 aromatic rings. The second-order valence-corrected chi connectivity index (χ2v) is 29.3. The molecule has 0 spiro atoms. The number of benzene rings is 5. The fraction of sp³-hybridized carbons (Fsp3) is 0.422. The van der Waals surface area contributed by atoms with E-state index in [-0.39, 0.29) is 39.8 Å². The monoisotopic (exact) mass is 1170 g/mol. The van der Waals surface area contributed by atoms with Crippen LogP contribution in [0.2, 0.25) is 0 Å². The van der Waals surface area contributed by atoms with Gasteiger partial charge >= 0.3 is 6.03 Å². The number of carbonyl (C=O) groups is 2. The summed E-state index contributed by atoms with van der Waals surface area (Å²) in [5.74, 6) is 0.241. The van der Waals surface area contributed by atoms with Gasteiger partial charge in [-0.2, -0.15) is 33.2 Å². The predicted molar refractivity (Wildman–Crippen MR) is 333 cm³/mol. The molecule has 0 bridgehead atoms. The summed E-state index contributed by atoms with van der Waals surface area (Å²) in [5, 5.41) is 14.3. The first-order chi connectivity index (χ1) is 38.5. The Labute approximate surface area is 486 Å². The molecule has 3 amide bonds. The number of nitrogens with one attached hydrogen (secondary N) is 3. The largest absolute Gasteiger partial charge is 0.344 e. The van der Waals surface area contributed by atoms with Gasteiger partial charge in [0, 0.05) is 80.4 Å². The average molecular weight is 1170 g/mol. The third-order valence-corrected chi connectivity index (χ3v) is 22.2. The number of hydrogen-bond acceptors (Lipinski definition) is 9. The molecule has 3 atom stereocenters. The van der Waals surface area contributed by atoms with Crippen molar-refractivity contribution in [3.63, 3.8) is 0 Å². The van der Waals surface area contributed by atoms with E-state index in [0.29, 0.717) is 45.2 Å². The van der Waals surface area contributed by atoms with Crippen LogP contribution in [0.1, 0.15) is 123 Å². The zero-order valence-corrected chi connectivity index (χ0v) is 50.6. The number of rotatable bonds is 21. The summed E-state index contributed by atoms with van der Waals surface area (Å²) in [6.07, 6.45) is 16.4. The summed E-state index contributed by atoms with van der Waals surface area (Å²) < 4.78 is 68.7. The molecule has 81 heavy (non-hydrogen) atoms. The zero-order chi connectivity index (χ0) is 57.5. The Morgan fingerprint density at radius 2 is 1.42 bits per heavy atom. The molecule has 4 aliphatic heterocycles. The van der Waals surface area contributed by atoms with Crippen LogP contribution in [0.25, 0.3) is 21.5 Å². The molecule has 1 aliphatic carbocycles. The molecule has 0 radical (unpaired) electrons. The Kier molecular flexibility index (Phi) is 16.7. The third kappa shape index (κ3) is 12.2. The molecule has 428 valence electrons. The van der Waals surface area contributed by atoms with Crippen LogP contribution >= 0.6 is 23.5 Å². The topological polar surface area (TPSA) is 185 Å². The van der Waals surface area contributed by atoms with Crippen molar-refractivity contribution in [2.45, 2.75) is 144 Å². The highest BCUT2D eigenvalue weighted by atomic mass is 32.2. The molecule has 2 fully saturated rings. The molecule has 5 aliphatic rings. The summed E-state index contributed by atoms with van der Waals surface area (Å²) in [6.45, 7) is 14.4. The van der Waals surface area contributed by atoms with Crippen molar-refractivity contribution in [2.75, 3.05) is 40.6 Å². The van der Waals surface area contributed by atoms with Gasteiger partial charge in [-0.3, -0.25) is 13.9 Å². The Balaban J connectivity index is 0.970. The summed E-state index contributed by atoms with van der Waals surface area (Å²) in [4.78, 5) is 30.1.